The molecule has 1 aromatic heterocycles. The van der Waals surface area contributed by atoms with Crippen LogP contribution in [0.3, 0.4) is 0 Å². The zero-order valence-corrected chi connectivity index (χ0v) is 15.5. The Morgan fingerprint density at radius 2 is 2.00 bits per heavy atom. The maximum atomic E-state index is 13.3. The van der Waals surface area contributed by atoms with Crippen LogP contribution in [0.25, 0.3) is 0 Å². The van der Waals surface area contributed by atoms with E-state index in [1.807, 2.05) is 23.1 Å². The number of aryl methyl sites for hydroxylation is 1. The van der Waals surface area contributed by atoms with Crippen molar-refractivity contribution >= 4 is 11.8 Å². The Morgan fingerprint density at radius 3 is 2.77 bits per heavy atom. The minimum Gasteiger partial charge on any atom is -0.342 e. The molecule has 2 saturated heterocycles. The minimum absolute atomic E-state index is 0.165. The predicted octanol–water partition coefficient (Wildman–Crippen LogP) is 2.80. The van der Waals surface area contributed by atoms with Gasteiger partial charge in [-0.15, -0.1) is 0 Å². The van der Waals surface area contributed by atoms with Crippen LogP contribution in [0.1, 0.15) is 57.1 Å². The number of rotatable bonds is 4. The van der Waals surface area contributed by atoms with E-state index in [2.05, 4.69) is 9.88 Å². The number of hydrogen-bond donors (Lipinski definition) is 0. The van der Waals surface area contributed by atoms with Gasteiger partial charge >= 0.3 is 0 Å². The van der Waals surface area contributed by atoms with E-state index < -0.39 is 0 Å². The molecule has 3 heterocycles. The lowest BCUT2D eigenvalue weighted by atomic mass is 9.77. The highest BCUT2D eigenvalue weighted by molar-refractivity contribution is 5.86. The summed E-state index contributed by atoms with van der Waals surface area (Å²) in [4.78, 5) is 34.3. The lowest BCUT2D eigenvalue weighted by molar-refractivity contribution is -0.148. The maximum absolute atomic E-state index is 13.3. The Labute approximate surface area is 155 Å². The Morgan fingerprint density at radius 1 is 1.15 bits per heavy atom. The van der Waals surface area contributed by atoms with E-state index in [0.29, 0.717) is 31.3 Å². The average molecular weight is 355 g/mol. The van der Waals surface area contributed by atoms with Crippen molar-refractivity contribution in [2.24, 2.45) is 5.41 Å². The first kappa shape index (κ1) is 17.5. The molecule has 0 N–H and O–H groups in total. The first-order chi connectivity index (χ1) is 12.7. The predicted molar refractivity (Wildman–Crippen MR) is 99.4 cm³/mol. The number of carbonyl (C=O) groups is 2. The second-order valence-corrected chi connectivity index (χ2v) is 8.21. The molecule has 1 saturated carbocycles. The normalized spacial score (nSPS) is 26.8. The van der Waals surface area contributed by atoms with Crippen LogP contribution in [0.4, 0.5) is 0 Å². The van der Waals surface area contributed by atoms with Crippen molar-refractivity contribution < 1.29 is 9.59 Å². The smallest absolute Gasteiger partial charge is 0.230 e. The third kappa shape index (κ3) is 3.36. The SMILES string of the molecule is O=C(CCc1ccccn1)N1CCC2(CCCN(C3CCCC3)C2=O)C1. The molecule has 5 nitrogen and oxygen atoms in total. The number of aromatic nitrogens is 1. The van der Waals surface area contributed by atoms with Gasteiger partial charge in [0.1, 0.15) is 0 Å². The number of hydrogen-bond acceptors (Lipinski definition) is 3. The van der Waals surface area contributed by atoms with Gasteiger partial charge in [0.25, 0.3) is 0 Å². The third-order valence-electron chi connectivity index (χ3n) is 6.56. The van der Waals surface area contributed by atoms with Crippen LogP contribution < -0.4 is 0 Å². The van der Waals surface area contributed by atoms with Gasteiger partial charge in [0.15, 0.2) is 0 Å². The van der Waals surface area contributed by atoms with E-state index in [1.165, 1.54) is 12.8 Å². The van der Waals surface area contributed by atoms with E-state index in [4.69, 9.17) is 0 Å². The average Bonchev–Trinajstić information content (AvgIpc) is 3.34. The number of carbonyl (C=O) groups excluding carboxylic acids is 2. The fourth-order valence-electron chi connectivity index (χ4n) is 5.07. The van der Waals surface area contributed by atoms with Crippen molar-refractivity contribution in [3.63, 3.8) is 0 Å². The highest BCUT2D eigenvalue weighted by Gasteiger charge is 2.50. The van der Waals surface area contributed by atoms with Crippen LogP contribution in [0, 0.1) is 5.41 Å². The number of piperidine rings is 1. The molecular formula is C21H29N3O2. The zero-order valence-electron chi connectivity index (χ0n) is 15.5. The third-order valence-corrected chi connectivity index (χ3v) is 6.56. The molecule has 1 aliphatic carbocycles. The van der Waals surface area contributed by atoms with Crippen molar-refractivity contribution in [2.75, 3.05) is 19.6 Å². The molecule has 140 valence electrons. The molecule has 0 radical (unpaired) electrons. The first-order valence-electron chi connectivity index (χ1n) is 10.2. The number of likely N-dealkylation sites (tertiary alicyclic amines) is 2. The monoisotopic (exact) mass is 355 g/mol. The lowest BCUT2D eigenvalue weighted by Gasteiger charge is -2.42. The van der Waals surface area contributed by atoms with Gasteiger partial charge in [-0.25, -0.2) is 0 Å². The fraction of sp³-hybridized carbons (Fsp3) is 0.667. The molecule has 3 fully saturated rings. The van der Waals surface area contributed by atoms with Gasteiger partial charge in [-0.2, -0.15) is 0 Å². The molecule has 2 amide bonds. The van der Waals surface area contributed by atoms with Crippen LogP contribution in [0.5, 0.6) is 0 Å². The van der Waals surface area contributed by atoms with E-state index >= 15 is 0 Å². The number of amides is 2. The fourth-order valence-corrected chi connectivity index (χ4v) is 5.07. The number of pyridine rings is 1. The molecule has 3 aliphatic rings. The molecule has 1 aromatic rings. The molecule has 0 aromatic carbocycles. The van der Waals surface area contributed by atoms with Crippen molar-refractivity contribution in [1.82, 2.24) is 14.8 Å². The second kappa shape index (κ2) is 7.37. The van der Waals surface area contributed by atoms with Gasteiger partial charge in [0, 0.05) is 44.0 Å². The lowest BCUT2D eigenvalue weighted by Crippen LogP contribution is -2.53. The van der Waals surface area contributed by atoms with Crippen molar-refractivity contribution in [2.45, 2.75) is 63.8 Å². The molecule has 1 atom stereocenters. The largest absolute Gasteiger partial charge is 0.342 e. The molecular weight excluding hydrogens is 326 g/mol. The van der Waals surface area contributed by atoms with Gasteiger partial charge in [-0.05, 0) is 50.7 Å². The summed E-state index contributed by atoms with van der Waals surface area (Å²) in [7, 11) is 0. The van der Waals surface area contributed by atoms with Crippen LogP contribution in [0.2, 0.25) is 0 Å². The molecule has 0 bridgehead atoms. The quantitative estimate of drug-likeness (QED) is 0.834. The van der Waals surface area contributed by atoms with Crippen LogP contribution in [-0.2, 0) is 16.0 Å². The summed E-state index contributed by atoms with van der Waals surface area (Å²) in [6.45, 7) is 2.26. The van der Waals surface area contributed by atoms with Crippen molar-refractivity contribution in [3.05, 3.63) is 30.1 Å². The molecule has 4 rings (SSSR count). The Bertz CT molecular complexity index is 656. The summed E-state index contributed by atoms with van der Waals surface area (Å²) in [5, 5.41) is 0. The van der Waals surface area contributed by atoms with E-state index in [9.17, 15) is 9.59 Å². The van der Waals surface area contributed by atoms with E-state index in [0.717, 1.165) is 50.9 Å². The Balaban J connectivity index is 1.37. The van der Waals surface area contributed by atoms with Gasteiger partial charge in [-0.1, -0.05) is 18.9 Å². The molecule has 26 heavy (non-hydrogen) atoms. The van der Waals surface area contributed by atoms with Gasteiger partial charge in [0.2, 0.25) is 11.8 Å². The summed E-state index contributed by atoms with van der Waals surface area (Å²) in [6, 6.07) is 6.26. The molecule has 2 aliphatic heterocycles. The van der Waals surface area contributed by atoms with E-state index in [1.54, 1.807) is 6.20 Å². The summed E-state index contributed by atoms with van der Waals surface area (Å²) in [6.07, 6.45) is 10.6. The second-order valence-electron chi connectivity index (χ2n) is 8.21. The molecule has 5 heteroatoms. The topological polar surface area (TPSA) is 53.5 Å². The van der Waals surface area contributed by atoms with Crippen LogP contribution in [-0.4, -0.2) is 52.3 Å². The number of nitrogens with zero attached hydrogens (tertiary/aromatic N) is 3. The van der Waals surface area contributed by atoms with Crippen molar-refractivity contribution in [3.8, 4) is 0 Å². The first-order valence-corrected chi connectivity index (χ1v) is 10.2. The van der Waals surface area contributed by atoms with Gasteiger partial charge < -0.3 is 9.80 Å². The van der Waals surface area contributed by atoms with E-state index in [-0.39, 0.29) is 11.3 Å². The summed E-state index contributed by atoms with van der Waals surface area (Å²) in [5.41, 5.74) is 0.650. The summed E-state index contributed by atoms with van der Waals surface area (Å²) < 4.78 is 0. The Hall–Kier alpha value is -1.91. The van der Waals surface area contributed by atoms with Crippen molar-refractivity contribution in [1.29, 1.82) is 0 Å². The van der Waals surface area contributed by atoms with Gasteiger partial charge in [-0.3, -0.25) is 14.6 Å². The summed E-state index contributed by atoms with van der Waals surface area (Å²) in [5.74, 6) is 0.494. The summed E-state index contributed by atoms with van der Waals surface area (Å²) >= 11 is 0. The van der Waals surface area contributed by atoms with Crippen LogP contribution in [0.15, 0.2) is 24.4 Å². The standard InChI is InChI=1S/C21H29N3O2/c25-19(10-9-17-6-3-4-13-22-17)23-15-12-21(16-23)11-5-14-24(20(21)26)18-7-1-2-8-18/h3-4,6,13,18H,1-2,5,7-12,14-16H2. The Kier molecular flexibility index (Phi) is 4.96. The van der Waals surface area contributed by atoms with Crippen LogP contribution >= 0.6 is 0 Å². The minimum atomic E-state index is -0.304. The highest BCUT2D eigenvalue weighted by Crippen LogP contribution is 2.42. The zero-order chi connectivity index (χ0) is 18.0. The maximum Gasteiger partial charge on any atom is 0.230 e. The molecule has 1 unspecified atom stereocenters. The van der Waals surface area contributed by atoms with Gasteiger partial charge in [0.05, 0.1) is 5.41 Å². The molecule has 1 spiro atoms. The highest BCUT2D eigenvalue weighted by atomic mass is 16.2.